The van der Waals surface area contributed by atoms with Crippen molar-refractivity contribution in [3.63, 3.8) is 0 Å². The number of rotatable bonds is 3. The minimum absolute atomic E-state index is 0. The highest BCUT2D eigenvalue weighted by Crippen LogP contribution is 2.18. The van der Waals surface area contributed by atoms with Gasteiger partial charge in [0.1, 0.15) is 0 Å². The van der Waals surface area contributed by atoms with Crippen LogP contribution in [0.15, 0.2) is 0 Å². The molecule has 0 saturated carbocycles. The summed E-state index contributed by atoms with van der Waals surface area (Å²) in [6.07, 6.45) is 2.79. The quantitative estimate of drug-likeness (QED) is 0.798. The average Bonchev–Trinajstić information content (AvgIpc) is 2.88. The molecule has 2 fully saturated rings. The van der Waals surface area contributed by atoms with Crippen LogP contribution in [0.4, 0.5) is 0 Å². The van der Waals surface area contributed by atoms with Crippen LogP contribution < -0.4 is 5.32 Å². The topological polar surface area (TPSA) is 41.6 Å². The Kier molecular flexibility index (Phi) is 5.52. The Labute approximate surface area is 103 Å². The molecule has 2 heterocycles. The number of carbonyl (C=O) groups excluding carboxylic acids is 1. The number of amides is 1. The largest absolute Gasteiger partial charge is 0.381 e. The third-order valence-electron chi connectivity index (χ3n) is 3.46. The van der Waals surface area contributed by atoms with E-state index in [2.05, 4.69) is 5.32 Å². The van der Waals surface area contributed by atoms with Crippen molar-refractivity contribution in [1.29, 1.82) is 0 Å². The molecule has 94 valence electrons. The van der Waals surface area contributed by atoms with Gasteiger partial charge in [-0.25, -0.2) is 0 Å². The van der Waals surface area contributed by atoms with Gasteiger partial charge in [0.2, 0.25) is 5.91 Å². The van der Waals surface area contributed by atoms with Gasteiger partial charge in [0.05, 0.1) is 0 Å². The van der Waals surface area contributed by atoms with Crippen LogP contribution >= 0.6 is 12.4 Å². The van der Waals surface area contributed by atoms with Gasteiger partial charge in [-0.05, 0) is 25.3 Å². The molecule has 0 aromatic heterocycles. The van der Waals surface area contributed by atoms with Crippen molar-refractivity contribution in [3.8, 4) is 0 Å². The second-order valence-electron chi connectivity index (χ2n) is 4.59. The summed E-state index contributed by atoms with van der Waals surface area (Å²) >= 11 is 0. The highest BCUT2D eigenvalue weighted by Gasteiger charge is 2.26. The van der Waals surface area contributed by atoms with Gasteiger partial charge in [-0.3, -0.25) is 4.79 Å². The van der Waals surface area contributed by atoms with Crippen molar-refractivity contribution >= 4 is 18.3 Å². The monoisotopic (exact) mass is 248 g/mol. The number of hydrogen-bond donors (Lipinski definition) is 1. The van der Waals surface area contributed by atoms with E-state index in [0.717, 1.165) is 39.1 Å². The van der Waals surface area contributed by atoms with E-state index in [-0.39, 0.29) is 18.3 Å². The molecule has 2 rings (SSSR count). The Hall–Kier alpha value is -0.320. The second kappa shape index (κ2) is 6.42. The number of nitrogens with zero attached hydrogens (tertiary/aromatic N) is 1. The maximum atomic E-state index is 11.9. The number of ether oxygens (including phenoxy) is 1. The minimum Gasteiger partial charge on any atom is -0.381 e. The number of hydrogen-bond acceptors (Lipinski definition) is 3. The van der Waals surface area contributed by atoms with Crippen LogP contribution in [0.25, 0.3) is 0 Å². The van der Waals surface area contributed by atoms with Crippen LogP contribution in [-0.4, -0.2) is 50.2 Å². The van der Waals surface area contributed by atoms with Gasteiger partial charge in [-0.2, -0.15) is 0 Å². The van der Waals surface area contributed by atoms with Crippen molar-refractivity contribution in [1.82, 2.24) is 10.2 Å². The lowest BCUT2D eigenvalue weighted by atomic mass is 10.0. The number of likely N-dealkylation sites (N-methyl/N-ethyl adjacent to an activating group) is 1. The lowest BCUT2D eigenvalue weighted by Gasteiger charge is -2.24. The molecule has 16 heavy (non-hydrogen) atoms. The van der Waals surface area contributed by atoms with Crippen LogP contribution in [0, 0.1) is 5.92 Å². The molecule has 1 amide bonds. The van der Waals surface area contributed by atoms with Crippen molar-refractivity contribution < 1.29 is 9.53 Å². The van der Waals surface area contributed by atoms with Crippen molar-refractivity contribution in [3.05, 3.63) is 0 Å². The fourth-order valence-corrected chi connectivity index (χ4v) is 2.31. The predicted octanol–water partition coefficient (Wildman–Crippen LogP) is 0.655. The van der Waals surface area contributed by atoms with Gasteiger partial charge in [0.15, 0.2) is 0 Å². The van der Waals surface area contributed by atoms with E-state index >= 15 is 0 Å². The summed E-state index contributed by atoms with van der Waals surface area (Å²) in [6, 6.07) is 0.403. The molecule has 4 nitrogen and oxygen atoms in total. The maximum absolute atomic E-state index is 11.9. The summed E-state index contributed by atoms with van der Waals surface area (Å²) in [5.41, 5.74) is 0. The summed E-state index contributed by atoms with van der Waals surface area (Å²) in [6.45, 7) is 3.58. The Morgan fingerprint density at radius 1 is 1.50 bits per heavy atom. The van der Waals surface area contributed by atoms with Crippen molar-refractivity contribution in [2.24, 2.45) is 5.92 Å². The third-order valence-corrected chi connectivity index (χ3v) is 3.46. The van der Waals surface area contributed by atoms with Gasteiger partial charge >= 0.3 is 0 Å². The minimum atomic E-state index is 0. The van der Waals surface area contributed by atoms with Gasteiger partial charge in [-0.15, -0.1) is 12.4 Å². The van der Waals surface area contributed by atoms with E-state index in [1.54, 1.807) is 0 Å². The molecule has 0 aromatic rings. The molecule has 0 aliphatic carbocycles. The molecule has 0 spiro atoms. The van der Waals surface area contributed by atoms with E-state index < -0.39 is 0 Å². The Morgan fingerprint density at radius 2 is 2.31 bits per heavy atom. The molecule has 2 aliphatic heterocycles. The molecule has 2 atom stereocenters. The van der Waals surface area contributed by atoms with E-state index in [4.69, 9.17) is 4.74 Å². The van der Waals surface area contributed by atoms with Crippen LogP contribution in [0.1, 0.15) is 19.3 Å². The molecule has 2 saturated heterocycles. The first-order chi connectivity index (χ1) is 7.27. The Morgan fingerprint density at radius 3 is 2.88 bits per heavy atom. The normalized spacial score (nSPS) is 28.8. The van der Waals surface area contributed by atoms with E-state index in [0.29, 0.717) is 18.4 Å². The predicted molar refractivity (Wildman–Crippen MR) is 64.8 cm³/mol. The summed E-state index contributed by atoms with van der Waals surface area (Å²) in [5.74, 6) is 0.730. The molecule has 0 bridgehead atoms. The third kappa shape index (κ3) is 3.34. The van der Waals surface area contributed by atoms with E-state index in [9.17, 15) is 4.79 Å². The lowest BCUT2D eigenvalue weighted by molar-refractivity contribution is -0.132. The van der Waals surface area contributed by atoms with E-state index in [1.807, 2.05) is 11.9 Å². The van der Waals surface area contributed by atoms with E-state index in [1.165, 1.54) is 0 Å². The number of carbonyl (C=O) groups is 1. The maximum Gasteiger partial charge on any atom is 0.222 e. The Bertz CT molecular complexity index is 226. The zero-order valence-corrected chi connectivity index (χ0v) is 10.6. The van der Waals surface area contributed by atoms with Gasteiger partial charge in [0, 0.05) is 39.3 Å². The first-order valence-electron chi connectivity index (χ1n) is 5.81. The SMILES string of the molecule is CN(C(=O)CC1CCOC1)C1CCNC1.Cl. The Balaban J connectivity index is 0.00000128. The fraction of sp³-hybridized carbons (Fsp3) is 0.909. The summed E-state index contributed by atoms with van der Waals surface area (Å²) in [4.78, 5) is 13.8. The summed E-state index contributed by atoms with van der Waals surface area (Å²) < 4.78 is 5.28. The lowest BCUT2D eigenvalue weighted by Crippen LogP contribution is -2.39. The average molecular weight is 249 g/mol. The summed E-state index contributed by atoms with van der Waals surface area (Å²) in [5, 5.41) is 3.28. The summed E-state index contributed by atoms with van der Waals surface area (Å²) in [7, 11) is 1.93. The molecular formula is C11H21ClN2O2. The first kappa shape index (κ1) is 13.7. The van der Waals surface area contributed by atoms with Crippen LogP contribution in [-0.2, 0) is 9.53 Å². The van der Waals surface area contributed by atoms with Crippen LogP contribution in [0.3, 0.4) is 0 Å². The van der Waals surface area contributed by atoms with Gasteiger partial charge in [-0.1, -0.05) is 0 Å². The smallest absolute Gasteiger partial charge is 0.222 e. The van der Waals surface area contributed by atoms with Gasteiger partial charge in [0.25, 0.3) is 0 Å². The zero-order valence-electron chi connectivity index (χ0n) is 9.78. The number of halogens is 1. The molecule has 0 radical (unpaired) electrons. The molecule has 2 aliphatic rings. The molecule has 0 aromatic carbocycles. The zero-order chi connectivity index (χ0) is 10.7. The highest BCUT2D eigenvalue weighted by molar-refractivity contribution is 5.85. The molecule has 1 N–H and O–H groups in total. The van der Waals surface area contributed by atoms with Gasteiger partial charge < -0.3 is 15.0 Å². The van der Waals surface area contributed by atoms with Crippen LogP contribution in [0.5, 0.6) is 0 Å². The van der Waals surface area contributed by atoms with Crippen LogP contribution in [0.2, 0.25) is 0 Å². The highest BCUT2D eigenvalue weighted by atomic mass is 35.5. The first-order valence-corrected chi connectivity index (χ1v) is 5.81. The second-order valence-corrected chi connectivity index (χ2v) is 4.59. The van der Waals surface area contributed by atoms with Crippen molar-refractivity contribution in [2.45, 2.75) is 25.3 Å². The molecular weight excluding hydrogens is 228 g/mol. The fourth-order valence-electron chi connectivity index (χ4n) is 2.31. The standard InChI is InChI=1S/C11H20N2O2.ClH/c1-13(10-2-4-12-7-10)11(14)6-9-3-5-15-8-9;/h9-10,12H,2-8H2,1H3;1H. The molecule has 5 heteroatoms. The number of nitrogens with one attached hydrogen (secondary N) is 1. The van der Waals surface area contributed by atoms with Crippen molar-refractivity contribution in [2.75, 3.05) is 33.4 Å². The molecule has 2 unspecified atom stereocenters.